The summed E-state index contributed by atoms with van der Waals surface area (Å²) in [5, 5.41) is 0. The van der Waals surface area contributed by atoms with Crippen LogP contribution in [-0.2, 0) is 0 Å². The van der Waals surface area contributed by atoms with E-state index in [-0.39, 0.29) is 6.04 Å². The average molecular weight is 283 g/mol. The highest BCUT2D eigenvalue weighted by atomic mass is 19.2. The van der Waals surface area contributed by atoms with E-state index >= 15 is 0 Å². The summed E-state index contributed by atoms with van der Waals surface area (Å²) >= 11 is 0. The summed E-state index contributed by atoms with van der Waals surface area (Å²) in [5.41, 5.74) is 6.77. The fourth-order valence-electron chi connectivity index (χ4n) is 2.74. The first-order valence-corrected chi connectivity index (χ1v) is 7.14. The van der Waals surface area contributed by atoms with Gasteiger partial charge < -0.3 is 10.6 Å². The summed E-state index contributed by atoms with van der Waals surface area (Å²) in [6.07, 6.45) is 1.10. The highest BCUT2D eigenvalue weighted by Crippen LogP contribution is 2.18. The summed E-state index contributed by atoms with van der Waals surface area (Å²) in [7, 11) is 2.14. The van der Waals surface area contributed by atoms with E-state index in [9.17, 15) is 8.78 Å². The van der Waals surface area contributed by atoms with Crippen LogP contribution in [0.15, 0.2) is 18.2 Å². The summed E-state index contributed by atoms with van der Waals surface area (Å²) in [5.74, 6) is -1.66. The van der Waals surface area contributed by atoms with E-state index in [1.54, 1.807) is 6.07 Å². The summed E-state index contributed by atoms with van der Waals surface area (Å²) < 4.78 is 26.2. The van der Waals surface area contributed by atoms with E-state index in [1.165, 1.54) is 6.07 Å². The monoisotopic (exact) mass is 283 g/mol. The maximum Gasteiger partial charge on any atom is 0.159 e. The van der Waals surface area contributed by atoms with Crippen molar-refractivity contribution < 1.29 is 8.78 Å². The maximum absolute atomic E-state index is 13.2. The zero-order chi connectivity index (χ0) is 14.7. The smallest absolute Gasteiger partial charge is 0.159 e. The quantitative estimate of drug-likeness (QED) is 0.917. The second kappa shape index (κ2) is 6.61. The molecule has 2 atom stereocenters. The van der Waals surface area contributed by atoms with Gasteiger partial charge in [0, 0.05) is 38.3 Å². The van der Waals surface area contributed by atoms with Crippen molar-refractivity contribution in [1.29, 1.82) is 0 Å². The number of hydrogen-bond acceptors (Lipinski definition) is 3. The molecule has 0 aromatic heterocycles. The third-order valence-corrected chi connectivity index (χ3v) is 4.16. The number of piperazine rings is 1. The lowest BCUT2D eigenvalue weighted by molar-refractivity contribution is 0.0890. The van der Waals surface area contributed by atoms with Gasteiger partial charge in [-0.2, -0.15) is 0 Å². The molecule has 112 valence electrons. The third kappa shape index (κ3) is 3.53. The minimum absolute atomic E-state index is 0.286. The van der Waals surface area contributed by atoms with Crippen molar-refractivity contribution in [2.45, 2.75) is 25.4 Å². The van der Waals surface area contributed by atoms with Gasteiger partial charge in [-0.25, -0.2) is 8.78 Å². The Balaban J connectivity index is 1.97. The van der Waals surface area contributed by atoms with Gasteiger partial charge in [-0.05, 0) is 31.2 Å². The lowest BCUT2D eigenvalue weighted by Crippen LogP contribution is -2.52. The van der Waals surface area contributed by atoms with Crippen LogP contribution in [0.1, 0.15) is 24.9 Å². The fraction of sp³-hybridized carbons (Fsp3) is 0.600. The third-order valence-electron chi connectivity index (χ3n) is 4.16. The molecular formula is C15H23F2N3. The number of likely N-dealkylation sites (N-methyl/N-ethyl adjacent to an activating group) is 1. The Morgan fingerprint density at radius 2 is 2.05 bits per heavy atom. The Bertz CT molecular complexity index is 453. The molecule has 1 fully saturated rings. The molecule has 1 saturated heterocycles. The molecule has 2 N–H and O–H groups in total. The Morgan fingerprint density at radius 3 is 2.70 bits per heavy atom. The topological polar surface area (TPSA) is 32.5 Å². The van der Waals surface area contributed by atoms with Crippen molar-refractivity contribution >= 4 is 0 Å². The molecule has 0 amide bonds. The van der Waals surface area contributed by atoms with E-state index in [0.717, 1.165) is 32.1 Å². The van der Waals surface area contributed by atoms with E-state index in [1.807, 2.05) is 0 Å². The summed E-state index contributed by atoms with van der Waals surface area (Å²) in [6, 6.07) is 4.17. The first-order chi connectivity index (χ1) is 9.51. The normalized spacial score (nSPS) is 22.9. The zero-order valence-corrected chi connectivity index (χ0v) is 12.1. The van der Waals surface area contributed by atoms with Gasteiger partial charge in [0.25, 0.3) is 0 Å². The SMILES string of the molecule is CCC1CN(CC(N)c2ccc(F)c(F)c2)CCN1C. The van der Waals surface area contributed by atoms with Crippen molar-refractivity contribution in [2.24, 2.45) is 5.73 Å². The van der Waals surface area contributed by atoms with Gasteiger partial charge in [-0.1, -0.05) is 13.0 Å². The van der Waals surface area contributed by atoms with Crippen LogP contribution in [0.2, 0.25) is 0 Å². The molecule has 20 heavy (non-hydrogen) atoms. The minimum atomic E-state index is -0.831. The van der Waals surface area contributed by atoms with Crippen LogP contribution in [-0.4, -0.2) is 49.1 Å². The van der Waals surface area contributed by atoms with E-state index < -0.39 is 11.6 Å². The minimum Gasteiger partial charge on any atom is -0.323 e. The summed E-state index contributed by atoms with van der Waals surface area (Å²) in [4.78, 5) is 4.67. The summed E-state index contributed by atoms with van der Waals surface area (Å²) in [6.45, 7) is 5.81. The van der Waals surface area contributed by atoms with Crippen LogP contribution < -0.4 is 5.73 Å². The van der Waals surface area contributed by atoms with Crippen molar-refractivity contribution in [3.63, 3.8) is 0 Å². The van der Waals surface area contributed by atoms with Crippen molar-refractivity contribution in [2.75, 3.05) is 33.2 Å². The molecule has 5 heteroatoms. The average Bonchev–Trinajstić information content (AvgIpc) is 2.43. The Labute approximate surface area is 119 Å². The molecule has 3 nitrogen and oxygen atoms in total. The molecule has 0 radical (unpaired) electrons. The molecule has 0 aliphatic carbocycles. The van der Waals surface area contributed by atoms with Crippen molar-refractivity contribution in [3.05, 3.63) is 35.4 Å². The lowest BCUT2D eigenvalue weighted by atomic mass is 10.0. The Kier molecular flexibility index (Phi) is 5.07. The highest BCUT2D eigenvalue weighted by Gasteiger charge is 2.24. The van der Waals surface area contributed by atoms with Gasteiger partial charge in [0.15, 0.2) is 11.6 Å². The second-order valence-corrected chi connectivity index (χ2v) is 5.58. The van der Waals surface area contributed by atoms with Gasteiger partial charge in [0.05, 0.1) is 0 Å². The molecule has 1 aromatic rings. The van der Waals surface area contributed by atoms with Gasteiger partial charge in [-0.3, -0.25) is 4.90 Å². The van der Waals surface area contributed by atoms with Gasteiger partial charge >= 0.3 is 0 Å². The van der Waals surface area contributed by atoms with Gasteiger partial charge in [0.1, 0.15) is 0 Å². The lowest BCUT2D eigenvalue weighted by Gasteiger charge is -2.40. The van der Waals surface area contributed by atoms with Crippen LogP contribution >= 0.6 is 0 Å². The predicted molar refractivity (Wildman–Crippen MR) is 76.4 cm³/mol. The van der Waals surface area contributed by atoms with Crippen molar-refractivity contribution in [3.8, 4) is 0 Å². The molecule has 2 rings (SSSR count). The van der Waals surface area contributed by atoms with Crippen LogP contribution in [0, 0.1) is 11.6 Å². The first kappa shape index (κ1) is 15.4. The van der Waals surface area contributed by atoms with Crippen LogP contribution in [0.25, 0.3) is 0 Å². The molecule has 2 unspecified atom stereocenters. The van der Waals surface area contributed by atoms with Crippen molar-refractivity contribution in [1.82, 2.24) is 9.80 Å². The molecule has 0 spiro atoms. The molecular weight excluding hydrogens is 260 g/mol. The van der Waals surface area contributed by atoms with Crippen LogP contribution in [0.3, 0.4) is 0 Å². The standard InChI is InChI=1S/C15H23F2N3/c1-3-12-9-20(7-6-19(12)2)10-15(18)11-4-5-13(16)14(17)8-11/h4-5,8,12,15H,3,6-7,9-10,18H2,1-2H3. The molecule has 0 saturated carbocycles. The van der Waals surface area contributed by atoms with Gasteiger partial charge in [0.2, 0.25) is 0 Å². The van der Waals surface area contributed by atoms with E-state index in [4.69, 9.17) is 5.73 Å². The highest BCUT2D eigenvalue weighted by molar-refractivity contribution is 5.21. The van der Waals surface area contributed by atoms with Crippen LogP contribution in [0.5, 0.6) is 0 Å². The second-order valence-electron chi connectivity index (χ2n) is 5.58. The Hall–Kier alpha value is -1.04. The number of hydrogen-bond donors (Lipinski definition) is 1. The Morgan fingerprint density at radius 1 is 1.30 bits per heavy atom. The molecule has 1 aromatic carbocycles. The number of nitrogens with zero attached hydrogens (tertiary/aromatic N) is 2. The fourth-order valence-corrected chi connectivity index (χ4v) is 2.74. The first-order valence-electron chi connectivity index (χ1n) is 7.14. The number of benzene rings is 1. The number of nitrogens with two attached hydrogens (primary N) is 1. The van der Waals surface area contributed by atoms with E-state index in [2.05, 4.69) is 23.8 Å². The largest absolute Gasteiger partial charge is 0.323 e. The molecule has 0 bridgehead atoms. The van der Waals surface area contributed by atoms with E-state index in [0.29, 0.717) is 18.2 Å². The number of halogens is 2. The molecule has 1 aliphatic heterocycles. The zero-order valence-electron chi connectivity index (χ0n) is 12.1. The molecule has 1 heterocycles. The predicted octanol–water partition coefficient (Wildman–Crippen LogP) is 1.99. The number of rotatable bonds is 4. The molecule has 1 aliphatic rings. The van der Waals surface area contributed by atoms with Crippen LogP contribution in [0.4, 0.5) is 8.78 Å². The van der Waals surface area contributed by atoms with Gasteiger partial charge in [-0.15, -0.1) is 0 Å². The maximum atomic E-state index is 13.2.